The molecule has 7 nitrogen and oxygen atoms in total. The van der Waals surface area contributed by atoms with Crippen LogP contribution in [0.3, 0.4) is 0 Å². The van der Waals surface area contributed by atoms with Gasteiger partial charge in [-0.05, 0) is 61.6 Å². The number of methoxy groups -OCH3 is 2. The third-order valence-corrected chi connectivity index (χ3v) is 7.32. The van der Waals surface area contributed by atoms with Gasteiger partial charge in [0, 0.05) is 16.9 Å². The Kier molecular flexibility index (Phi) is 6.90. The number of aromatic amines is 1. The Morgan fingerprint density at radius 3 is 2.40 bits per heavy atom. The Labute approximate surface area is 207 Å². The first-order valence-electron chi connectivity index (χ1n) is 11.8. The van der Waals surface area contributed by atoms with Crippen LogP contribution in [-0.4, -0.2) is 37.4 Å². The molecule has 0 spiro atoms. The highest BCUT2D eigenvalue weighted by atomic mass is 32.1. The van der Waals surface area contributed by atoms with Crippen LogP contribution in [0.5, 0.6) is 23.0 Å². The van der Waals surface area contributed by atoms with Crippen molar-refractivity contribution in [1.82, 2.24) is 9.97 Å². The molecule has 0 aliphatic heterocycles. The van der Waals surface area contributed by atoms with Crippen molar-refractivity contribution in [3.05, 3.63) is 63.3 Å². The Morgan fingerprint density at radius 2 is 1.63 bits per heavy atom. The Bertz CT molecular complexity index is 1390. The minimum Gasteiger partial charge on any atom is -0.493 e. The lowest BCUT2D eigenvalue weighted by molar-refractivity contribution is 0.234. The van der Waals surface area contributed by atoms with Gasteiger partial charge in [-0.1, -0.05) is 12.1 Å². The number of ether oxygens (including phenoxy) is 4. The normalized spacial score (nSPS) is 12.9. The van der Waals surface area contributed by atoms with Gasteiger partial charge in [-0.15, -0.1) is 11.3 Å². The minimum absolute atomic E-state index is 0.0706. The minimum atomic E-state index is -0.0706. The van der Waals surface area contributed by atoms with E-state index in [1.165, 1.54) is 16.9 Å². The van der Waals surface area contributed by atoms with Crippen molar-refractivity contribution in [1.29, 1.82) is 0 Å². The van der Waals surface area contributed by atoms with Gasteiger partial charge in [-0.2, -0.15) is 0 Å². The van der Waals surface area contributed by atoms with Crippen LogP contribution in [0, 0.1) is 0 Å². The number of thiophene rings is 1. The molecular formula is C27H28N2O5S. The first-order valence-corrected chi connectivity index (χ1v) is 12.6. The summed E-state index contributed by atoms with van der Waals surface area (Å²) in [4.78, 5) is 22.8. The van der Waals surface area contributed by atoms with Gasteiger partial charge in [0.05, 0.1) is 32.8 Å². The van der Waals surface area contributed by atoms with Gasteiger partial charge in [-0.25, -0.2) is 4.98 Å². The largest absolute Gasteiger partial charge is 0.493 e. The zero-order valence-electron chi connectivity index (χ0n) is 19.9. The van der Waals surface area contributed by atoms with Crippen LogP contribution in [0.25, 0.3) is 21.6 Å². The van der Waals surface area contributed by atoms with E-state index in [1.54, 1.807) is 25.6 Å². The van der Waals surface area contributed by atoms with E-state index in [9.17, 15) is 4.79 Å². The summed E-state index contributed by atoms with van der Waals surface area (Å²) in [6, 6.07) is 13.1. The summed E-state index contributed by atoms with van der Waals surface area (Å²) < 4.78 is 22.6. The van der Waals surface area contributed by atoms with E-state index in [1.807, 2.05) is 42.5 Å². The number of benzene rings is 2. The topological polar surface area (TPSA) is 82.7 Å². The smallest absolute Gasteiger partial charge is 0.260 e. The second-order valence-corrected chi connectivity index (χ2v) is 9.46. The highest BCUT2D eigenvalue weighted by molar-refractivity contribution is 7.18. The molecule has 2 heterocycles. The molecule has 5 rings (SSSR count). The van der Waals surface area contributed by atoms with Gasteiger partial charge < -0.3 is 23.9 Å². The molecule has 0 bridgehead atoms. The number of H-pyrrole nitrogens is 1. The predicted octanol–water partition coefficient (Wildman–Crippen LogP) is 5.40. The number of aromatic nitrogens is 2. The zero-order valence-corrected chi connectivity index (χ0v) is 20.7. The van der Waals surface area contributed by atoms with E-state index in [2.05, 4.69) is 4.98 Å². The van der Waals surface area contributed by atoms with Crippen LogP contribution in [-0.2, 0) is 12.8 Å². The van der Waals surface area contributed by atoms with Crippen molar-refractivity contribution in [3.8, 4) is 34.4 Å². The molecule has 0 unspecified atom stereocenters. The molecule has 1 N–H and O–H groups in total. The molecule has 0 saturated heterocycles. The number of nitrogens with zero attached hydrogens (tertiary/aromatic N) is 1. The average molecular weight is 493 g/mol. The SMILES string of the molecule is COc1ccccc1OCCCOc1ccc(-c2nc3sc4c(c3c(=O)[nH]2)CCCC4)cc1OC. The molecule has 2 aromatic carbocycles. The van der Waals surface area contributed by atoms with Gasteiger partial charge in [0.2, 0.25) is 0 Å². The molecule has 1 aliphatic carbocycles. The number of nitrogens with one attached hydrogen (secondary N) is 1. The molecule has 8 heteroatoms. The summed E-state index contributed by atoms with van der Waals surface area (Å²) >= 11 is 1.65. The van der Waals surface area contributed by atoms with Crippen molar-refractivity contribution in [2.75, 3.05) is 27.4 Å². The molecular weight excluding hydrogens is 464 g/mol. The first kappa shape index (κ1) is 23.2. The fourth-order valence-electron chi connectivity index (χ4n) is 4.40. The zero-order chi connectivity index (χ0) is 24.2. The van der Waals surface area contributed by atoms with Crippen molar-refractivity contribution < 1.29 is 18.9 Å². The van der Waals surface area contributed by atoms with Gasteiger partial charge in [0.1, 0.15) is 10.7 Å². The van der Waals surface area contributed by atoms with E-state index in [-0.39, 0.29) is 5.56 Å². The Morgan fingerprint density at radius 1 is 0.914 bits per heavy atom. The summed E-state index contributed by atoms with van der Waals surface area (Å²) in [5.41, 5.74) is 1.89. The standard InChI is InChI=1S/C27H28N2O5S/c1-31-19-9-4-5-10-20(19)33-14-7-15-34-21-13-12-17(16-22(21)32-2)25-28-26(30)24-18-8-3-6-11-23(18)35-27(24)29-25/h4-5,9-10,12-13,16H,3,6-8,11,14-15H2,1-2H3,(H,28,29,30). The Balaban J connectivity index is 1.27. The van der Waals surface area contributed by atoms with E-state index in [0.29, 0.717) is 48.5 Å². The number of rotatable bonds is 9. The monoisotopic (exact) mass is 492 g/mol. The number of fused-ring (bicyclic) bond motifs is 3. The van der Waals surface area contributed by atoms with Crippen molar-refractivity contribution >= 4 is 21.6 Å². The first-order chi connectivity index (χ1) is 17.2. The molecule has 35 heavy (non-hydrogen) atoms. The molecule has 4 aromatic rings. The van der Waals surface area contributed by atoms with Crippen molar-refractivity contribution in [2.24, 2.45) is 0 Å². The highest BCUT2D eigenvalue weighted by Gasteiger charge is 2.20. The molecule has 2 aromatic heterocycles. The average Bonchev–Trinajstić information content (AvgIpc) is 3.28. The maximum Gasteiger partial charge on any atom is 0.260 e. The van der Waals surface area contributed by atoms with Crippen LogP contribution in [0.4, 0.5) is 0 Å². The number of hydrogen-bond donors (Lipinski definition) is 1. The second-order valence-electron chi connectivity index (χ2n) is 8.37. The third kappa shape index (κ3) is 4.84. The van der Waals surface area contributed by atoms with Crippen LogP contribution in [0.15, 0.2) is 47.3 Å². The van der Waals surface area contributed by atoms with E-state index < -0.39 is 0 Å². The van der Waals surface area contributed by atoms with E-state index >= 15 is 0 Å². The van der Waals surface area contributed by atoms with E-state index in [4.69, 9.17) is 23.9 Å². The lowest BCUT2D eigenvalue weighted by atomic mass is 9.97. The van der Waals surface area contributed by atoms with Crippen LogP contribution >= 0.6 is 11.3 Å². The van der Waals surface area contributed by atoms with Crippen LogP contribution in [0.1, 0.15) is 29.7 Å². The van der Waals surface area contributed by atoms with Gasteiger partial charge in [0.25, 0.3) is 5.56 Å². The summed E-state index contributed by atoms with van der Waals surface area (Å²) in [5.74, 6) is 3.17. The lowest BCUT2D eigenvalue weighted by Crippen LogP contribution is -2.11. The van der Waals surface area contributed by atoms with Crippen molar-refractivity contribution in [3.63, 3.8) is 0 Å². The molecule has 182 valence electrons. The maximum absolute atomic E-state index is 12.9. The summed E-state index contributed by atoms with van der Waals surface area (Å²) in [6.45, 7) is 0.962. The molecule has 0 saturated carbocycles. The molecule has 0 radical (unpaired) electrons. The van der Waals surface area contributed by atoms with Crippen LogP contribution in [0.2, 0.25) is 0 Å². The van der Waals surface area contributed by atoms with Gasteiger partial charge >= 0.3 is 0 Å². The Hall–Kier alpha value is -3.52. The molecule has 0 fully saturated rings. The third-order valence-electron chi connectivity index (χ3n) is 6.14. The van der Waals surface area contributed by atoms with Crippen LogP contribution < -0.4 is 24.5 Å². The van der Waals surface area contributed by atoms with Gasteiger partial charge in [-0.3, -0.25) is 4.79 Å². The number of aryl methyl sites for hydroxylation is 2. The summed E-state index contributed by atoms with van der Waals surface area (Å²) in [6.07, 6.45) is 5.00. The fraction of sp³-hybridized carbons (Fsp3) is 0.333. The fourth-order valence-corrected chi connectivity index (χ4v) is 5.66. The predicted molar refractivity (Wildman–Crippen MR) is 137 cm³/mol. The van der Waals surface area contributed by atoms with Crippen molar-refractivity contribution in [2.45, 2.75) is 32.1 Å². The number of para-hydroxylation sites is 2. The molecule has 0 atom stereocenters. The quantitative estimate of drug-likeness (QED) is 0.315. The maximum atomic E-state index is 12.9. The highest BCUT2D eigenvalue weighted by Crippen LogP contribution is 2.36. The second kappa shape index (κ2) is 10.4. The van der Waals surface area contributed by atoms with Gasteiger partial charge in [0.15, 0.2) is 23.0 Å². The molecule has 0 amide bonds. The summed E-state index contributed by atoms with van der Waals surface area (Å²) in [7, 11) is 3.22. The summed E-state index contributed by atoms with van der Waals surface area (Å²) in [5, 5.41) is 0.760. The molecule has 1 aliphatic rings. The number of hydrogen-bond acceptors (Lipinski definition) is 7. The lowest BCUT2D eigenvalue weighted by Gasteiger charge is -2.13. The van der Waals surface area contributed by atoms with E-state index in [0.717, 1.165) is 35.0 Å².